The van der Waals surface area contributed by atoms with Crippen molar-refractivity contribution in [3.05, 3.63) is 0 Å². The molecule has 9 nitrogen and oxygen atoms in total. The third kappa shape index (κ3) is 2.75. The molecule has 0 aliphatic carbocycles. The third-order valence-corrected chi connectivity index (χ3v) is 3.28. The Morgan fingerprint density at radius 3 is 1.84 bits per heavy atom. The molecule has 0 spiro atoms. The van der Waals surface area contributed by atoms with Gasteiger partial charge in [-0.1, -0.05) is 0 Å². The third-order valence-electron chi connectivity index (χ3n) is 3.28. The predicted molar refractivity (Wildman–Crippen MR) is 56.6 cm³/mol. The highest BCUT2D eigenvalue weighted by molar-refractivity contribution is 4.91. The number of aliphatic hydroxyl groups excluding tert-OH is 6. The van der Waals surface area contributed by atoms with E-state index in [1.165, 1.54) is 0 Å². The Labute approximate surface area is 108 Å². The van der Waals surface area contributed by atoms with E-state index in [1.807, 2.05) is 0 Å². The van der Waals surface area contributed by atoms with Gasteiger partial charge in [0.15, 0.2) is 12.6 Å². The fraction of sp³-hybridized carbons (Fsp3) is 1.00. The van der Waals surface area contributed by atoms with E-state index < -0.39 is 62.4 Å². The molecule has 0 radical (unpaired) electrons. The summed E-state index contributed by atoms with van der Waals surface area (Å²) in [5.41, 5.74) is 0. The van der Waals surface area contributed by atoms with Gasteiger partial charge < -0.3 is 44.8 Å². The van der Waals surface area contributed by atoms with Crippen LogP contribution in [0.1, 0.15) is 0 Å². The van der Waals surface area contributed by atoms with E-state index in [2.05, 4.69) is 0 Å². The Balaban J connectivity index is 1.98. The molecular weight excluding hydrogens is 264 g/mol. The van der Waals surface area contributed by atoms with Crippen LogP contribution in [-0.2, 0) is 14.2 Å². The number of hydrogen-bond donors (Lipinski definition) is 6. The summed E-state index contributed by atoms with van der Waals surface area (Å²) in [6.07, 6.45) is -10.1. The van der Waals surface area contributed by atoms with Crippen LogP contribution in [0.4, 0.5) is 0 Å². The van der Waals surface area contributed by atoms with E-state index in [1.54, 1.807) is 0 Å². The van der Waals surface area contributed by atoms with Crippen molar-refractivity contribution in [2.45, 2.75) is 49.2 Å². The molecule has 19 heavy (non-hydrogen) atoms. The highest BCUT2D eigenvalue weighted by Crippen LogP contribution is 2.28. The van der Waals surface area contributed by atoms with Crippen LogP contribution in [0.15, 0.2) is 0 Å². The van der Waals surface area contributed by atoms with Crippen LogP contribution in [0.5, 0.6) is 0 Å². The number of ether oxygens (including phenoxy) is 3. The molecule has 0 unspecified atom stereocenters. The van der Waals surface area contributed by atoms with E-state index in [0.29, 0.717) is 0 Å². The van der Waals surface area contributed by atoms with Gasteiger partial charge in [-0.2, -0.15) is 0 Å². The van der Waals surface area contributed by atoms with Gasteiger partial charge in [-0.3, -0.25) is 0 Å². The first-order valence-corrected chi connectivity index (χ1v) is 5.90. The lowest BCUT2D eigenvalue weighted by Gasteiger charge is -2.23. The smallest absolute Gasteiger partial charge is 0.187 e. The van der Waals surface area contributed by atoms with Gasteiger partial charge in [0, 0.05) is 0 Å². The molecule has 2 aliphatic heterocycles. The van der Waals surface area contributed by atoms with Crippen molar-refractivity contribution in [2.75, 3.05) is 13.2 Å². The lowest BCUT2D eigenvalue weighted by Crippen LogP contribution is -2.42. The Hall–Kier alpha value is -0.360. The lowest BCUT2D eigenvalue weighted by molar-refractivity contribution is -0.236. The van der Waals surface area contributed by atoms with Crippen LogP contribution >= 0.6 is 0 Å². The second-order valence-electron chi connectivity index (χ2n) is 4.55. The largest absolute Gasteiger partial charge is 0.394 e. The zero-order chi connectivity index (χ0) is 14.2. The van der Waals surface area contributed by atoms with Crippen molar-refractivity contribution in [3.63, 3.8) is 0 Å². The predicted octanol–water partition coefficient (Wildman–Crippen LogP) is -4.12. The zero-order valence-corrected chi connectivity index (χ0v) is 9.94. The Morgan fingerprint density at radius 2 is 1.37 bits per heavy atom. The highest BCUT2D eigenvalue weighted by Gasteiger charge is 2.49. The molecule has 0 aromatic carbocycles. The maximum absolute atomic E-state index is 9.74. The van der Waals surface area contributed by atoms with E-state index >= 15 is 0 Å². The minimum Gasteiger partial charge on any atom is -0.394 e. The van der Waals surface area contributed by atoms with E-state index in [-0.39, 0.29) is 0 Å². The highest BCUT2D eigenvalue weighted by atomic mass is 16.7. The topological polar surface area (TPSA) is 149 Å². The second kappa shape index (κ2) is 5.95. The molecule has 0 aromatic rings. The molecule has 0 saturated carbocycles. The van der Waals surface area contributed by atoms with Crippen molar-refractivity contribution < 1.29 is 44.8 Å². The summed E-state index contributed by atoms with van der Waals surface area (Å²) in [7, 11) is 0. The van der Waals surface area contributed by atoms with Gasteiger partial charge in [-0.15, -0.1) is 0 Å². The monoisotopic (exact) mass is 282 g/mol. The first-order valence-electron chi connectivity index (χ1n) is 5.90. The molecule has 2 fully saturated rings. The first-order chi connectivity index (χ1) is 8.99. The molecule has 2 saturated heterocycles. The Morgan fingerprint density at radius 1 is 0.789 bits per heavy atom. The Kier molecular flexibility index (Phi) is 4.71. The maximum Gasteiger partial charge on any atom is 0.187 e. The molecule has 0 bridgehead atoms. The summed E-state index contributed by atoms with van der Waals surface area (Å²) >= 11 is 0. The summed E-state index contributed by atoms with van der Waals surface area (Å²) in [6, 6.07) is 0. The first kappa shape index (κ1) is 15.0. The minimum absolute atomic E-state index is 0.506. The molecule has 6 N–H and O–H groups in total. The molecule has 112 valence electrons. The van der Waals surface area contributed by atoms with Gasteiger partial charge >= 0.3 is 0 Å². The minimum atomic E-state index is -1.49. The average Bonchev–Trinajstić information content (AvgIpc) is 2.83. The molecule has 8 atom stereocenters. The molecular formula is C10H18O9. The molecule has 2 aliphatic rings. The summed E-state index contributed by atoms with van der Waals surface area (Å²) in [5, 5.41) is 56.2. The molecule has 9 heteroatoms. The van der Waals surface area contributed by atoms with Gasteiger partial charge in [0.05, 0.1) is 13.2 Å². The molecule has 2 heterocycles. The van der Waals surface area contributed by atoms with Crippen LogP contribution in [-0.4, -0.2) is 93.1 Å². The molecule has 2 rings (SSSR count). The van der Waals surface area contributed by atoms with Crippen molar-refractivity contribution in [2.24, 2.45) is 0 Å². The fourth-order valence-corrected chi connectivity index (χ4v) is 2.15. The van der Waals surface area contributed by atoms with Gasteiger partial charge in [-0.25, -0.2) is 0 Å². The lowest BCUT2D eigenvalue weighted by atomic mass is 10.1. The quantitative estimate of drug-likeness (QED) is 0.302. The van der Waals surface area contributed by atoms with Gasteiger partial charge in [0.2, 0.25) is 0 Å². The summed E-state index contributed by atoms with van der Waals surface area (Å²) in [6.45, 7) is -1.02. The average molecular weight is 282 g/mol. The standard InChI is InChI=1S/C10H18O9/c11-1-3-5(13)7(15)10(18-3)19-8-6(14)4(2-12)17-9(8)16/h3-16H,1-2H2/t3-,4-,5-,6-,7+,8+,9+,10+/m0/s1. The van der Waals surface area contributed by atoms with Crippen molar-refractivity contribution in [3.8, 4) is 0 Å². The van der Waals surface area contributed by atoms with Crippen LogP contribution in [0.25, 0.3) is 0 Å². The SMILES string of the molecule is OC[C@@H]1O[C@H](O[C@@H]2[C@@H](O)[C@H](CO)O[C@H]2O)[C@H](O)[C@H]1O. The summed E-state index contributed by atoms with van der Waals surface area (Å²) < 4.78 is 15.1. The normalized spacial score (nSPS) is 50.8. The summed E-state index contributed by atoms with van der Waals surface area (Å²) in [4.78, 5) is 0. The van der Waals surface area contributed by atoms with E-state index in [0.717, 1.165) is 0 Å². The van der Waals surface area contributed by atoms with Crippen molar-refractivity contribution >= 4 is 0 Å². The van der Waals surface area contributed by atoms with Gasteiger partial charge in [-0.05, 0) is 0 Å². The van der Waals surface area contributed by atoms with E-state index in [4.69, 9.17) is 24.4 Å². The van der Waals surface area contributed by atoms with Crippen LogP contribution < -0.4 is 0 Å². The van der Waals surface area contributed by atoms with Crippen molar-refractivity contribution in [1.29, 1.82) is 0 Å². The fourth-order valence-electron chi connectivity index (χ4n) is 2.15. The number of rotatable bonds is 4. The van der Waals surface area contributed by atoms with Gasteiger partial charge in [0.25, 0.3) is 0 Å². The molecule has 0 amide bonds. The van der Waals surface area contributed by atoms with Crippen LogP contribution in [0.3, 0.4) is 0 Å². The van der Waals surface area contributed by atoms with Crippen LogP contribution in [0.2, 0.25) is 0 Å². The van der Waals surface area contributed by atoms with E-state index in [9.17, 15) is 20.4 Å². The molecule has 0 aromatic heterocycles. The number of hydrogen-bond acceptors (Lipinski definition) is 9. The Bertz CT molecular complexity index is 301. The number of aliphatic hydroxyl groups is 6. The maximum atomic E-state index is 9.74. The zero-order valence-electron chi connectivity index (χ0n) is 9.94. The van der Waals surface area contributed by atoms with Crippen molar-refractivity contribution in [1.82, 2.24) is 0 Å². The second-order valence-corrected chi connectivity index (χ2v) is 4.55. The van der Waals surface area contributed by atoms with Crippen LogP contribution in [0, 0.1) is 0 Å². The summed E-state index contributed by atoms with van der Waals surface area (Å²) in [5.74, 6) is 0. The van der Waals surface area contributed by atoms with Gasteiger partial charge in [0.1, 0.15) is 36.6 Å².